The van der Waals surface area contributed by atoms with Crippen molar-refractivity contribution in [2.75, 3.05) is 33.2 Å². The molecule has 1 saturated heterocycles. The van der Waals surface area contributed by atoms with Gasteiger partial charge in [-0.2, -0.15) is 0 Å². The maximum atomic E-state index is 13.7. The number of carbonyl (C=O) groups excluding carboxylic acids is 1. The van der Waals surface area contributed by atoms with Crippen LogP contribution in [0.1, 0.15) is 12.0 Å². The SMILES string of the molecule is CN1CCN(C(=O)[C@H]2CC(c3ccccc3F)=NO2)CC1. The second-order valence-electron chi connectivity index (χ2n) is 5.44. The smallest absolute Gasteiger partial charge is 0.266 e. The van der Waals surface area contributed by atoms with Gasteiger partial charge in [0.05, 0.1) is 5.71 Å². The Hall–Kier alpha value is -1.95. The molecule has 2 aliphatic heterocycles. The lowest BCUT2D eigenvalue weighted by Gasteiger charge is -2.33. The van der Waals surface area contributed by atoms with Crippen LogP contribution < -0.4 is 0 Å². The molecule has 0 aliphatic carbocycles. The summed E-state index contributed by atoms with van der Waals surface area (Å²) in [6.45, 7) is 3.12. The van der Waals surface area contributed by atoms with Crippen molar-refractivity contribution in [3.05, 3.63) is 35.6 Å². The van der Waals surface area contributed by atoms with Crippen LogP contribution in [0.2, 0.25) is 0 Å². The van der Waals surface area contributed by atoms with Gasteiger partial charge in [0.15, 0.2) is 0 Å². The van der Waals surface area contributed by atoms with Gasteiger partial charge in [0, 0.05) is 38.2 Å². The normalized spacial score (nSPS) is 22.9. The zero-order valence-electron chi connectivity index (χ0n) is 12.0. The van der Waals surface area contributed by atoms with Crippen molar-refractivity contribution in [2.24, 2.45) is 5.16 Å². The van der Waals surface area contributed by atoms with Gasteiger partial charge < -0.3 is 14.6 Å². The van der Waals surface area contributed by atoms with Gasteiger partial charge >= 0.3 is 0 Å². The Balaban J connectivity index is 1.64. The maximum absolute atomic E-state index is 13.7. The average Bonchev–Trinajstić information content (AvgIpc) is 2.97. The molecule has 2 aliphatic rings. The van der Waals surface area contributed by atoms with E-state index >= 15 is 0 Å². The molecule has 112 valence electrons. The van der Waals surface area contributed by atoms with Crippen molar-refractivity contribution >= 4 is 11.6 Å². The molecule has 1 fully saturated rings. The highest BCUT2D eigenvalue weighted by atomic mass is 19.1. The molecule has 0 bridgehead atoms. The third kappa shape index (κ3) is 2.90. The summed E-state index contributed by atoms with van der Waals surface area (Å²) in [5, 5.41) is 3.90. The van der Waals surface area contributed by atoms with Gasteiger partial charge in [-0.3, -0.25) is 4.79 Å². The number of amides is 1. The van der Waals surface area contributed by atoms with Gasteiger partial charge in [0.2, 0.25) is 6.10 Å². The number of carbonyl (C=O) groups is 1. The van der Waals surface area contributed by atoms with E-state index in [9.17, 15) is 9.18 Å². The monoisotopic (exact) mass is 291 g/mol. The topological polar surface area (TPSA) is 45.1 Å². The molecule has 5 nitrogen and oxygen atoms in total. The minimum atomic E-state index is -0.622. The van der Waals surface area contributed by atoms with E-state index < -0.39 is 6.10 Å². The zero-order chi connectivity index (χ0) is 14.8. The molecule has 1 atom stereocenters. The summed E-state index contributed by atoms with van der Waals surface area (Å²) >= 11 is 0. The molecule has 6 heteroatoms. The third-order valence-corrected chi connectivity index (χ3v) is 3.94. The Morgan fingerprint density at radius 3 is 2.71 bits per heavy atom. The van der Waals surface area contributed by atoms with Crippen LogP contribution in [0.3, 0.4) is 0 Å². The van der Waals surface area contributed by atoms with E-state index in [-0.39, 0.29) is 11.7 Å². The average molecular weight is 291 g/mol. The van der Waals surface area contributed by atoms with Gasteiger partial charge in [-0.1, -0.05) is 23.4 Å². The van der Waals surface area contributed by atoms with Crippen LogP contribution in [-0.4, -0.2) is 60.7 Å². The van der Waals surface area contributed by atoms with Crippen LogP contribution in [0.15, 0.2) is 29.4 Å². The molecule has 0 spiro atoms. The molecule has 1 amide bonds. The van der Waals surface area contributed by atoms with Crippen LogP contribution >= 0.6 is 0 Å². The van der Waals surface area contributed by atoms with E-state index in [0.717, 1.165) is 13.1 Å². The van der Waals surface area contributed by atoms with Crippen LogP contribution in [0, 0.1) is 5.82 Å². The predicted octanol–water partition coefficient (Wildman–Crippen LogP) is 1.09. The van der Waals surface area contributed by atoms with E-state index in [1.54, 1.807) is 23.1 Å². The van der Waals surface area contributed by atoms with E-state index in [4.69, 9.17) is 4.84 Å². The van der Waals surface area contributed by atoms with E-state index in [1.165, 1.54) is 6.07 Å². The van der Waals surface area contributed by atoms with Gasteiger partial charge in [0.25, 0.3) is 5.91 Å². The van der Waals surface area contributed by atoms with E-state index in [2.05, 4.69) is 10.1 Å². The first-order valence-electron chi connectivity index (χ1n) is 7.10. The van der Waals surface area contributed by atoms with Crippen molar-refractivity contribution in [1.82, 2.24) is 9.80 Å². The summed E-state index contributed by atoms with van der Waals surface area (Å²) in [6.07, 6.45) is -0.297. The van der Waals surface area contributed by atoms with Crippen LogP contribution in [-0.2, 0) is 9.63 Å². The Bertz CT molecular complexity index is 568. The predicted molar refractivity (Wildman–Crippen MR) is 76.5 cm³/mol. The number of benzene rings is 1. The number of nitrogens with zero attached hydrogens (tertiary/aromatic N) is 3. The first-order valence-corrected chi connectivity index (χ1v) is 7.10. The molecule has 0 radical (unpaired) electrons. The molecule has 0 aromatic heterocycles. The molecule has 1 aromatic carbocycles. The molecule has 21 heavy (non-hydrogen) atoms. The zero-order valence-corrected chi connectivity index (χ0v) is 12.0. The summed E-state index contributed by atoms with van der Waals surface area (Å²) in [4.78, 5) is 21.6. The number of halogens is 1. The quantitative estimate of drug-likeness (QED) is 0.819. The number of likely N-dealkylation sites (N-methyl/N-ethyl adjacent to an activating group) is 1. The molecule has 2 heterocycles. The summed E-state index contributed by atoms with van der Waals surface area (Å²) in [5.41, 5.74) is 0.909. The van der Waals surface area contributed by atoms with Crippen molar-refractivity contribution in [2.45, 2.75) is 12.5 Å². The largest absolute Gasteiger partial charge is 0.382 e. The fraction of sp³-hybridized carbons (Fsp3) is 0.467. The fourth-order valence-corrected chi connectivity index (χ4v) is 2.59. The van der Waals surface area contributed by atoms with Crippen LogP contribution in [0.25, 0.3) is 0 Å². The second-order valence-corrected chi connectivity index (χ2v) is 5.44. The lowest BCUT2D eigenvalue weighted by atomic mass is 10.0. The van der Waals surface area contributed by atoms with Gasteiger partial charge in [-0.15, -0.1) is 0 Å². The first-order chi connectivity index (χ1) is 10.1. The third-order valence-electron chi connectivity index (χ3n) is 3.94. The van der Waals surface area contributed by atoms with Gasteiger partial charge in [-0.25, -0.2) is 4.39 Å². The van der Waals surface area contributed by atoms with Crippen molar-refractivity contribution < 1.29 is 14.0 Å². The van der Waals surface area contributed by atoms with Gasteiger partial charge in [-0.05, 0) is 13.1 Å². The highest BCUT2D eigenvalue weighted by Gasteiger charge is 2.34. The molecule has 1 aromatic rings. The number of hydrogen-bond donors (Lipinski definition) is 0. The minimum Gasteiger partial charge on any atom is -0.382 e. The highest BCUT2D eigenvalue weighted by molar-refractivity contribution is 6.04. The molecule has 0 unspecified atom stereocenters. The van der Waals surface area contributed by atoms with Crippen LogP contribution in [0.4, 0.5) is 4.39 Å². The van der Waals surface area contributed by atoms with E-state index in [1.807, 2.05) is 7.05 Å². The maximum Gasteiger partial charge on any atom is 0.266 e. The second kappa shape index (κ2) is 5.81. The van der Waals surface area contributed by atoms with Crippen molar-refractivity contribution in [3.8, 4) is 0 Å². The molecular weight excluding hydrogens is 273 g/mol. The lowest BCUT2D eigenvalue weighted by Crippen LogP contribution is -2.50. The molecular formula is C15H18FN3O2. The Kier molecular flexibility index (Phi) is 3.88. The van der Waals surface area contributed by atoms with Gasteiger partial charge in [0.1, 0.15) is 5.82 Å². The fourth-order valence-electron chi connectivity index (χ4n) is 2.59. The Morgan fingerprint density at radius 1 is 1.29 bits per heavy atom. The first kappa shape index (κ1) is 14.0. The lowest BCUT2D eigenvalue weighted by molar-refractivity contribution is -0.143. The molecule has 3 rings (SSSR count). The van der Waals surface area contributed by atoms with E-state index in [0.29, 0.717) is 30.8 Å². The number of rotatable bonds is 2. The minimum absolute atomic E-state index is 0.0572. The summed E-state index contributed by atoms with van der Waals surface area (Å²) in [6, 6.07) is 6.41. The Morgan fingerprint density at radius 2 is 2.00 bits per heavy atom. The number of hydrogen-bond acceptors (Lipinski definition) is 4. The Labute approximate surface area is 123 Å². The summed E-state index contributed by atoms with van der Waals surface area (Å²) < 4.78 is 13.7. The number of oxime groups is 1. The highest BCUT2D eigenvalue weighted by Crippen LogP contribution is 2.20. The summed E-state index contributed by atoms with van der Waals surface area (Å²) in [7, 11) is 2.04. The number of piperazine rings is 1. The standard InChI is InChI=1S/C15H18FN3O2/c1-18-6-8-19(9-7-18)15(20)14-10-13(17-21-14)11-4-2-3-5-12(11)16/h2-5,14H,6-10H2,1H3/t14-/m1/s1. The van der Waals surface area contributed by atoms with Crippen molar-refractivity contribution in [1.29, 1.82) is 0 Å². The van der Waals surface area contributed by atoms with Crippen molar-refractivity contribution in [3.63, 3.8) is 0 Å². The molecule has 0 saturated carbocycles. The summed E-state index contributed by atoms with van der Waals surface area (Å²) in [5.74, 6) is -0.397. The molecule has 0 N–H and O–H groups in total. The van der Waals surface area contributed by atoms with Crippen LogP contribution in [0.5, 0.6) is 0 Å².